The average Bonchev–Trinajstić information content (AvgIpc) is 2.79. The van der Waals surface area contributed by atoms with Crippen LogP contribution in [0.15, 0.2) is 96.0 Å². The minimum absolute atomic E-state index is 0.955. The largest absolute Gasteiger partial charge is 0.285 e. The van der Waals surface area contributed by atoms with Gasteiger partial charge in [-0.2, -0.15) is 0 Å². The molecule has 0 spiro atoms. The van der Waals surface area contributed by atoms with E-state index >= 15 is 0 Å². The van der Waals surface area contributed by atoms with Gasteiger partial charge in [-0.1, -0.05) is 78.5 Å². The van der Waals surface area contributed by atoms with Gasteiger partial charge < -0.3 is 0 Å². The molecule has 0 unspecified atom stereocenters. The normalized spacial score (nSPS) is 17.9. The number of nitrogens with zero attached hydrogens (tertiary/aromatic N) is 1. The Bertz CT molecular complexity index is 1190. The molecule has 2 aliphatic heterocycles. The van der Waals surface area contributed by atoms with Crippen LogP contribution < -0.4 is 10.6 Å². The molecule has 0 radical (unpaired) electrons. The molecule has 3 aromatic carbocycles. The lowest BCUT2D eigenvalue weighted by Crippen LogP contribution is -2.20. The van der Waals surface area contributed by atoms with Gasteiger partial charge in [0, 0.05) is 16.4 Å². The molecule has 1 nitrogen and oxygen atoms in total. The van der Waals surface area contributed by atoms with E-state index in [1.165, 1.54) is 42.6 Å². The smallest absolute Gasteiger partial charge is 0.0606 e. The summed E-state index contributed by atoms with van der Waals surface area (Å²) < 4.78 is 0. The van der Waals surface area contributed by atoms with Crippen molar-refractivity contribution in [2.24, 2.45) is 4.99 Å². The molecule has 0 N–H and O–H groups in total. The number of hydrogen-bond acceptors (Lipinski definition) is 2. The first-order valence-electron chi connectivity index (χ1n) is 9.77. The molecule has 0 atom stereocenters. The summed E-state index contributed by atoms with van der Waals surface area (Å²) >= 11 is 1.86. The second kappa shape index (κ2) is 7.65. The fourth-order valence-corrected chi connectivity index (χ4v) is 4.86. The van der Waals surface area contributed by atoms with Gasteiger partial charge >= 0.3 is 0 Å². The van der Waals surface area contributed by atoms with Crippen LogP contribution in [0.2, 0.25) is 0 Å². The fourth-order valence-electron chi connectivity index (χ4n) is 3.75. The van der Waals surface area contributed by atoms with Crippen LogP contribution in [0, 0.1) is 0 Å². The Labute approximate surface area is 169 Å². The van der Waals surface area contributed by atoms with Gasteiger partial charge in [-0.3, -0.25) is 4.99 Å². The standard InChI is InChI=1S/C26H21NS/c1-3-8-19(9-4-1)23-17-25(20-10-5-2-6-11-20)28-26(18-23)22-13-14-24-21(16-22)12-7-15-27-24/h1-6,8-11,13-14,16-18H,7,12,15H2. The Morgan fingerprint density at radius 1 is 0.750 bits per heavy atom. The number of thioether (sulfide) groups is 1. The molecule has 0 saturated carbocycles. The molecule has 5 rings (SSSR count). The Morgan fingerprint density at radius 2 is 1.50 bits per heavy atom. The molecular formula is C26H21NS. The quantitative estimate of drug-likeness (QED) is 0.594. The maximum atomic E-state index is 4.66. The van der Waals surface area contributed by atoms with E-state index in [-0.39, 0.29) is 0 Å². The summed E-state index contributed by atoms with van der Waals surface area (Å²) in [5.41, 5.74) is 5.15. The highest BCUT2D eigenvalue weighted by Crippen LogP contribution is 2.42. The summed E-state index contributed by atoms with van der Waals surface area (Å²) in [4.78, 5) is 7.25. The third-order valence-electron chi connectivity index (χ3n) is 5.21. The van der Waals surface area contributed by atoms with Gasteiger partial charge in [-0.15, -0.1) is 0 Å². The molecule has 0 saturated heterocycles. The zero-order chi connectivity index (χ0) is 18.8. The highest BCUT2D eigenvalue weighted by Gasteiger charge is 2.14. The van der Waals surface area contributed by atoms with E-state index in [1.54, 1.807) is 0 Å². The van der Waals surface area contributed by atoms with Crippen molar-refractivity contribution in [1.82, 2.24) is 0 Å². The van der Waals surface area contributed by atoms with Gasteiger partial charge in [0.25, 0.3) is 0 Å². The topological polar surface area (TPSA) is 12.4 Å². The number of rotatable bonds is 2. The summed E-state index contributed by atoms with van der Waals surface area (Å²) in [6, 6.07) is 28.1. The van der Waals surface area contributed by atoms with E-state index in [4.69, 9.17) is 0 Å². The van der Waals surface area contributed by atoms with Crippen molar-refractivity contribution in [2.75, 3.05) is 6.54 Å². The van der Waals surface area contributed by atoms with E-state index in [0.29, 0.717) is 0 Å². The van der Waals surface area contributed by atoms with Crippen molar-refractivity contribution >= 4 is 27.1 Å². The molecule has 136 valence electrons. The highest BCUT2D eigenvalue weighted by atomic mass is 32.2. The van der Waals surface area contributed by atoms with Gasteiger partial charge in [0.05, 0.1) is 5.36 Å². The molecule has 28 heavy (non-hydrogen) atoms. The number of fused-ring (bicyclic) bond motifs is 1. The zero-order valence-electron chi connectivity index (χ0n) is 15.6. The van der Waals surface area contributed by atoms with Crippen LogP contribution in [-0.4, -0.2) is 6.54 Å². The Morgan fingerprint density at radius 3 is 2.29 bits per heavy atom. The number of allylic oxidation sites excluding steroid dienone is 2. The molecule has 0 aliphatic carbocycles. The third-order valence-corrected chi connectivity index (χ3v) is 6.36. The van der Waals surface area contributed by atoms with Gasteiger partial charge in [-0.25, -0.2) is 0 Å². The maximum absolute atomic E-state index is 4.66. The van der Waals surface area contributed by atoms with E-state index < -0.39 is 0 Å². The van der Waals surface area contributed by atoms with Crippen molar-refractivity contribution in [3.05, 3.63) is 118 Å². The van der Waals surface area contributed by atoms with Gasteiger partial charge in [0.2, 0.25) is 0 Å². The predicted molar refractivity (Wildman–Crippen MR) is 120 cm³/mol. The minimum atomic E-state index is 0.955. The Kier molecular flexibility index (Phi) is 4.72. The number of aryl methyl sites for hydroxylation is 1. The highest BCUT2D eigenvalue weighted by molar-refractivity contribution is 8.16. The van der Waals surface area contributed by atoms with Crippen molar-refractivity contribution in [2.45, 2.75) is 12.8 Å². The molecule has 0 aromatic heterocycles. The summed E-state index contributed by atoms with van der Waals surface area (Å²) in [6.45, 7) is 0.955. The SMILES string of the molecule is C1=C(c2ccccc2)C=C(c2ccccc2)SC1=c1ccc2c(c1)CCCN=2. The van der Waals surface area contributed by atoms with Crippen LogP contribution in [0.1, 0.15) is 23.1 Å². The summed E-state index contributed by atoms with van der Waals surface area (Å²) in [5, 5.41) is 2.46. The molecule has 2 aliphatic rings. The molecule has 0 fully saturated rings. The van der Waals surface area contributed by atoms with Crippen LogP contribution in [-0.2, 0) is 6.42 Å². The third kappa shape index (κ3) is 3.48. The molecule has 3 aromatic rings. The number of benzene rings is 3. The summed E-state index contributed by atoms with van der Waals surface area (Å²) in [7, 11) is 0. The van der Waals surface area contributed by atoms with Crippen molar-refractivity contribution in [3.63, 3.8) is 0 Å². The molecule has 0 bridgehead atoms. The average molecular weight is 380 g/mol. The molecule has 0 amide bonds. The summed E-state index contributed by atoms with van der Waals surface area (Å²) in [5.74, 6) is 0. The minimum Gasteiger partial charge on any atom is -0.285 e. The van der Waals surface area contributed by atoms with Crippen molar-refractivity contribution < 1.29 is 0 Å². The monoisotopic (exact) mass is 379 g/mol. The zero-order valence-corrected chi connectivity index (χ0v) is 16.5. The van der Waals surface area contributed by atoms with E-state index in [1.807, 2.05) is 11.8 Å². The lowest BCUT2D eigenvalue weighted by molar-refractivity contribution is 0.768. The van der Waals surface area contributed by atoms with Gasteiger partial charge in [0.1, 0.15) is 0 Å². The van der Waals surface area contributed by atoms with Crippen LogP contribution in [0.25, 0.3) is 15.4 Å². The van der Waals surface area contributed by atoms with Crippen molar-refractivity contribution in [1.29, 1.82) is 0 Å². The van der Waals surface area contributed by atoms with Crippen molar-refractivity contribution in [3.8, 4) is 0 Å². The van der Waals surface area contributed by atoms with E-state index in [9.17, 15) is 0 Å². The van der Waals surface area contributed by atoms with Crippen LogP contribution in [0.3, 0.4) is 0 Å². The van der Waals surface area contributed by atoms with Crippen LogP contribution in [0.4, 0.5) is 0 Å². The van der Waals surface area contributed by atoms with Gasteiger partial charge in [0.15, 0.2) is 0 Å². The number of hydrogen-bond donors (Lipinski definition) is 0. The second-order valence-corrected chi connectivity index (χ2v) is 8.22. The molecule has 2 heterocycles. The van der Waals surface area contributed by atoms with E-state index in [2.05, 4.69) is 96.0 Å². The summed E-state index contributed by atoms with van der Waals surface area (Å²) in [6.07, 6.45) is 6.92. The lowest BCUT2D eigenvalue weighted by atomic mass is 10.0. The maximum Gasteiger partial charge on any atom is 0.0606 e. The Hall–Kier alpha value is -2.84. The van der Waals surface area contributed by atoms with Gasteiger partial charge in [-0.05, 0) is 64.6 Å². The molecule has 2 heteroatoms. The fraction of sp³-hybridized carbons (Fsp3) is 0.115. The predicted octanol–water partition coefficient (Wildman–Crippen LogP) is 5.23. The van der Waals surface area contributed by atoms with Crippen LogP contribution >= 0.6 is 11.8 Å². The first-order chi connectivity index (χ1) is 13.9. The molecular weight excluding hydrogens is 358 g/mol. The first kappa shape index (κ1) is 17.3. The second-order valence-electron chi connectivity index (χ2n) is 7.14. The Balaban J connectivity index is 1.69. The first-order valence-corrected chi connectivity index (χ1v) is 10.6. The van der Waals surface area contributed by atoms with E-state index in [0.717, 1.165) is 19.4 Å². The lowest BCUT2D eigenvalue weighted by Gasteiger charge is -2.17. The van der Waals surface area contributed by atoms with Crippen LogP contribution in [0.5, 0.6) is 0 Å².